The molecule has 1 aromatic carbocycles. The van der Waals surface area contributed by atoms with E-state index in [-0.39, 0.29) is 0 Å². The number of ether oxygens (including phenoxy) is 1. The van der Waals surface area contributed by atoms with E-state index in [1.54, 1.807) is 31.2 Å². The molecule has 0 radical (unpaired) electrons. The van der Waals surface area contributed by atoms with Crippen molar-refractivity contribution in [1.29, 1.82) is 0 Å². The molecule has 0 fully saturated rings. The minimum atomic E-state index is -1.03. The van der Waals surface area contributed by atoms with E-state index in [9.17, 15) is 4.79 Å². The summed E-state index contributed by atoms with van der Waals surface area (Å²) in [4.78, 5) is 10.9. The molecule has 1 unspecified atom stereocenters. The van der Waals surface area contributed by atoms with Gasteiger partial charge in [-0.3, -0.25) is 4.79 Å². The summed E-state index contributed by atoms with van der Waals surface area (Å²) in [7, 11) is 0. The third kappa shape index (κ3) is 2.74. The highest BCUT2D eigenvalue weighted by Crippen LogP contribution is 2.25. The molecule has 0 N–H and O–H groups in total. The van der Waals surface area contributed by atoms with Gasteiger partial charge >= 0.3 is 5.97 Å². The molecule has 0 aliphatic heterocycles. The van der Waals surface area contributed by atoms with E-state index in [1.807, 2.05) is 0 Å². The summed E-state index contributed by atoms with van der Waals surface area (Å²) in [5, 5.41) is 0.612. The van der Waals surface area contributed by atoms with Gasteiger partial charge in [-0.25, -0.2) is 0 Å². The number of benzene rings is 1. The van der Waals surface area contributed by atoms with Crippen molar-refractivity contribution in [2.75, 3.05) is 0 Å². The average molecular weight is 223 g/mol. The van der Waals surface area contributed by atoms with Crippen LogP contribution in [0.2, 0.25) is 5.02 Å². The number of hydrogen-bond donors (Lipinski definition) is 0. The SMILES string of the molecule is C#CC(C)(OC(C)=O)c1ccc(Cl)cc1. The number of rotatable bonds is 2. The fraction of sp³-hybridized carbons (Fsp3) is 0.250. The molecular formula is C12H11ClO2. The topological polar surface area (TPSA) is 26.3 Å². The lowest BCUT2D eigenvalue weighted by atomic mass is 9.97. The second-order valence-corrected chi connectivity index (χ2v) is 3.71. The van der Waals surface area contributed by atoms with E-state index in [1.165, 1.54) is 6.92 Å². The van der Waals surface area contributed by atoms with Crippen molar-refractivity contribution >= 4 is 17.6 Å². The molecule has 1 aromatic rings. The van der Waals surface area contributed by atoms with Crippen molar-refractivity contribution in [2.24, 2.45) is 0 Å². The van der Waals surface area contributed by atoms with Crippen molar-refractivity contribution in [3.63, 3.8) is 0 Å². The highest BCUT2D eigenvalue weighted by molar-refractivity contribution is 6.30. The van der Waals surface area contributed by atoms with Crippen LogP contribution in [0.5, 0.6) is 0 Å². The maximum atomic E-state index is 10.9. The van der Waals surface area contributed by atoms with E-state index < -0.39 is 11.6 Å². The van der Waals surface area contributed by atoms with E-state index in [0.717, 1.165) is 5.56 Å². The zero-order valence-electron chi connectivity index (χ0n) is 8.58. The number of carbonyl (C=O) groups excluding carboxylic acids is 1. The Balaban J connectivity index is 3.07. The molecule has 3 heteroatoms. The fourth-order valence-corrected chi connectivity index (χ4v) is 1.35. The quantitative estimate of drug-likeness (QED) is 0.568. The molecule has 0 amide bonds. The van der Waals surface area contributed by atoms with Gasteiger partial charge in [0.25, 0.3) is 0 Å². The van der Waals surface area contributed by atoms with Gasteiger partial charge in [-0.2, -0.15) is 0 Å². The van der Waals surface area contributed by atoms with E-state index in [4.69, 9.17) is 22.8 Å². The summed E-state index contributed by atoms with van der Waals surface area (Å²) in [6.07, 6.45) is 5.37. The molecular weight excluding hydrogens is 212 g/mol. The molecule has 78 valence electrons. The largest absolute Gasteiger partial charge is 0.442 e. The Morgan fingerprint density at radius 3 is 2.40 bits per heavy atom. The molecule has 0 bridgehead atoms. The van der Waals surface area contributed by atoms with Gasteiger partial charge in [0.2, 0.25) is 0 Å². The lowest BCUT2D eigenvalue weighted by Gasteiger charge is -2.23. The molecule has 0 heterocycles. The molecule has 15 heavy (non-hydrogen) atoms. The maximum Gasteiger partial charge on any atom is 0.304 e. The summed E-state index contributed by atoms with van der Waals surface area (Å²) in [6.45, 7) is 2.99. The van der Waals surface area contributed by atoms with Crippen LogP contribution in [-0.4, -0.2) is 5.97 Å². The minimum Gasteiger partial charge on any atom is -0.442 e. The van der Waals surface area contributed by atoms with Gasteiger partial charge in [-0.15, -0.1) is 6.42 Å². The van der Waals surface area contributed by atoms with Gasteiger partial charge in [0, 0.05) is 17.5 Å². The molecule has 1 atom stereocenters. The third-order valence-electron chi connectivity index (χ3n) is 2.02. The molecule has 0 saturated carbocycles. The number of carbonyl (C=O) groups is 1. The van der Waals surface area contributed by atoms with Crippen LogP contribution in [0.15, 0.2) is 24.3 Å². The van der Waals surface area contributed by atoms with Crippen LogP contribution >= 0.6 is 11.6 Å². The average Bonchev–Trinajstić information content (AvgIpc) is 2.17. The first-order valence-corrected chi connectivity index (χ1v) is 4.79. The van der Waals surface area contributed by atoms with Crippen LogP contribution in [0, 0.1) is 12.3 Å². The van der Waals surface area contributed by atoms with Gasteiger partial charge in [-0.1, -0.05) is 29.7 Å². The number of hydrogen-bond acceptors (Lipinski definition) is 2. The lowest BCUT2D eigenvalue weighted by Crippen LogP contribution is -2.26. The minimum absolute atomic E-state index is 0.412. The Bertz CT molecular complexity index is 403. The first-order chi connectivity index (χ1) is 6.98. The monoisotopic (exact) mass is 222 g/mol. The molecule has 0 aliphatic rings. The molecule has 0 spiro atoms. The Labute approximate surface area is 94.2 Å². The van der Waals surface area contributed by atoms with Crippen LogP contribution in [0.3, 0.4) is 0 Å². The van der Waals surface area contributed by atoms with E-state index in [2.05, 4.69) is 5.92 Å². The van der Waals surface area contributed by atoms with Gasteiger partial charge in [0.05, 0.1) is 0 Å². The third-order valence-corrected chi connectivity index (χ3v) is 2.27. The Morgan fingerprint density at radius 1 is 1.47 bits per heavy atom. The molecule has 2 nitrogen and oxygen atoms in total. The maximum absolute atomic E-state index is 10.9. The van der Waals surface area contributed by atoms with E-state index in [0.29, 0.717) is 5.02 Å². The first kappa shape index (κ1) is 11.6. The van der Waals surface area contributed by atoms with Crippen LogP contribution in [0.4, 0.5) is 0 Å². The van der Waals surface area contributed by atoms with Crippen LogP contribution < -0.4 is 0 Å². The fourth-order valence-electron chi connectivity index (χ4n) is 1.23. The van der Waals surface area contributed by atoms with E-state index >= 15 is 0 Å². The predicted molar refractivity (Wildman–Crippen MR) is 59.4 cm³/mol. The summed E-state index contributed by atoms with van der Waals surface area (Å²) in [5.41, 5.74) is -0.305. The van der Waals surface area contributed by atoms with Crippen LogP contribution in [0.1, 0.15) is 19.4 Å². The zero-order valence-corrected chi connectivity index (χ0v) is 9.34. The summed E-state index contributed by atoms with van der Waals surface area (Å²) in [5.74, 6) is 2.05. The number of halogens is 1. The summed E-state index contributed by atoms with van der Waals surface area (Å²) < 4.78 is 5.09. The highest BCUT2D eigenvalue weighted by atomic mass is 35.5. The Hall–Kier alpha value is -1.46. The Kier molecular flexibility index (Phi) is 3.39. The van der Waals surface area contributed by atoms with Gasteiger partial charge in [0.1, 0.15) is 0 Å². The molecule has 0 aromatic heterocycles. The molecule has 0 aliphatic carbocycles. The zero-order chi connectivity index (χ0) is 11.5. The molecule has 1 rings (SSSR count). The normalized spacial score (nSPS) is 13.7. The van der Waals surface area contributed by atoms with Gasteiger partial charge < -0.3 is 4.74 Å². The summed E-state index contributed by atoms with van der Waals surface area (Å²) in [6, 6.07) is 6.89. The second-order valence-electron chi connectivity index (χ2n) is 3.28. The predicted octanol–water partition coefficient (Wildman–Crippen LogP) is 2.75. The van der Waals surface area contributed by atoms with Gasteiger partial charge in [0.15, 0.2) is 5.60 Å². The van der Waals surface area contributed by atoms with Crippen LogP contribution in [0.25, 0.3) is 0 Å². The smallest absolute Gasteiger partial charge is 0.304 e. The van der Waals surface area contributed by atoms with Gasteiger partial charge in [-0.05, 0) is 19.1 Å². The van der Waals surface area contributed by atoms with Crippen molar-refractivity contribution < 1.29 is 9.53 Å². The second kappa shape index (κ2) is 4.37. The highest BCUT2D eigenvalue weighted by Gasteiger charge is 2.27. The summed E-state index contributed by atoms with van der Waals surface area (Å²) >= 11 is 5.75. The first-order valence-electron chi connectivity index (χ1n) is 4.41. The number of terminal acetylenes is 1. The number of esters is 1. The van der Waals surface area contributed by atoms with Crippen molar-refractivity contribution in [3.05, 3.63) is 34.9 Å². The van der Waals surface area contributed by atoms with Crippen molar-refractivity contribution in [2.45, 2.75) is 19.4 Å². The van der Waals surface area contributed by atoms with Crippen molar-refractivity contribution in [3.8, 4) is 12.3 Å². The lowest BCUT2D eigenvalue weighted by molar-refractivity contribution is -0.151. The van der Waals surface area contributed by atoms with Crippen molar-refractivity contribution in [1.82, 2.24) is 0 Å². The van der Waals surface area contributed by atoms with Crippen LogP contribution in [-0.2, 0) is 15.1 Å². The molecule has 0 saturated heterocycles. The standard InChI is InChI=1S/C12H11ClO2/c1-4-12(3,15-9(2)14)10-5-7-11(13)8-6-10/h1,5-8H,2-3H3. The Morgan fingerprint density at radius 2 is 2.00 bits per heavy atom.